The first kappa shape index (κ1) is 30.8. The van der Waals surface area contributed by atoms with Gasteiger partial charge < -0.3 is 46.7 Å². The number of hydrogen-bond donors (Lipinski definition) is 0. The average Bonchev–Trinajstić information content (AvgIpc) is 3.29. The lowest BCUT2D eigenvalue weighted by atomic mass is 9.99. The molecule has 0 N–H and O–H groups in total. The Morgan fingerprint density at radius 2 is 1.45 bits per heavy atom. The first-order valence-electron chi connectivity index (χ1n) is 14.4. The minimum absolute atomic E-state index is 0.160. The summed E-state index contributed by atoms with van der Waals surface area (Å²) in [5.74, 6) is -1.98. The van der Waals surface area contributed by atoms with E-state index in [2.05, 4.69) is 41.5 Å². The molecule has 230 valence electrons. The Labute approximate surface area is 238 Å². The van der Waals surface area contributed by atoms with Gasteiger partial charge in [0.2, 0.25) is 0 Å². The quantitative estimate of drug-likeness (QED) is 0.352. The second-order valence-corrected chi connectivity index (χ2v) is 19.3. The molecule has 40 heavy (non-hydrogen) atoms. The molecule has 0 aliphatic carbocycles. The Morgan fingerprint density at radius 1 is 0.850 bits per heavy atom. The zero-order valence-electron chi connectivity index (χ0n) is 25.8. The molecular formula is C28H48O11Si. The molecule has 5 heterocycles. The number of fused-ring (bicyclic) bond motifs is 4. The highest BCUT2D eigenvalue weighted by Gasteiger charge is 2.65. The largest absolute Gasteiger partial charge is 0.460 e. The molecule has 5 fully saturated rings. The summed E-state index contributed by atoms with van der Waals surface area (Å²) in [6, 6.07) is 0. The van der Waals surface area contributed by atoms with Crippen molar-refractivity contribution in [2.45, 2.75) is 160 Å². The molecule has 9 atom stereocenters. The van der Waals surface area contributed by atoms with Crippen LogP contribution < -0.4 is 0 Å². The third kappa shape index (κ3) is 5.66. The van der Waals surface area contributed by atoms with Crippen molar-refractivity contribution >= 4 is 14.5 Å². The van der Waals surface area contributed by atoms with Crippen LogP contribution in [0.15, 0.2) is 0 Å². The van der Waals surface area contributed by atoms with Gasteiger partial charge in [-0.3, -0.25) is 4.79 Å². The average molecular weight is 589 g/mol. The first-order chi connectivity index (χ1) is 18.3. The molecule has 5 rings (SSSR count). The molecule has 0 spiro atoms. The normalized spacial score (nSPS) is 42.0. The third-order valence-electron chi connectivity index (χ3n) is 8.23. The molecule has 0 aromatic heterocycles. The van der Waals surface area contributed by atoms with Crippen molar-refractivity contribution in [1.29, 1.82) is 0 Å². The summed E-state index contributed by atoms with van der Waals surface area (Å²) in [6.07, 6.45) is -4.07. The van der Waals surface area contributed by atoms with Crippen LogP contribution in [-0.4, -0.2) is 94.6 Å². The molecule has 0 saturated carbocycles. The van der Waals surface area contributed by atoms with E-state index < -0.39 is 69.3 Å². The van der Waals surface area contributed by atoms with Crippen molar-refractivity contribution in [3.63, 3.8) is 0 Å². The van der Waals surface area contributed by atoms with Gasteiger partial charge in [-0.05, 0) is 27.7 Å². The van der Waals surface area contributed by atoms with Crippen LogP contribution in [0.1, 0.15) is 82.6 Å². The Kier molecular flexibility index (Phi) is 7.85. The van der Waals surface area contributed by atoms with Crippen LogP contribution in [-0.2, 0) is 51.5 Å². The zero-order valence-corrected chi connectivity index (χ0v) is 26.8. The maximum absolute atomic E-state index is 12.1. The minimum Gasteiger partial charge on any atom is -0.460 e. The van der Waals surface area contributed by atoms with Crippen LogP contribution >= 0.6 is 0 Å². The van der Waals surface area contributed by atoms with E-state index in [-0.39, 0.29) is 28.8 Å². The van der Waals surface area contributed by atoms with Crippen molar-refractivity contribution in [3.8, 4) is 0 Å². The maximum Gasteiger partial charge on any atom is 0.349 e. The van der Waals surface area contributed by atoms with E-state index in [1.54, 1.807) is 0 Å². The smallest absolute Gasteiger partial charge is 0.349 e. The predicted octanol–water partition coefficient (Wildman–Crippen LogP) is 3.90. The number of rotatable bonds is 4. The number of esters is 1. The number of ether oxygens (including phenoxy) is 8. The van der Waals surface area contributed by atoms with Gasteiger partial charge in [-0.2, -0.15) is 0 Å². The van der Waals surface area contributed by atoms with E-state index in [0.717, 1.165) is 0 Å². The van der Waals surface area contributed by atoms with Crippen molar-refractivity contribution in [1.82, 2.24) is 0 Å². The zero-order chi connectivity index (χ0) is 29.5. The first-order valence-corrected chi connectivity index (χ1v) is 16.3. The maximum atomic E-state index is 12.1. The number of carbonyl (C=O) groups excluding carboxylic acids is 1. The topological polar surface area (TPSA) is 109 Å². The molecule has 12 heteroatoms. The fourth-order valence-corrected chi connectivity index (χ4v) is 12.0. The molecule has 0 bridgehead atoms. The molecular weight excluding hydrogens is 540 g/mol. The summed E-state index contributed by atoms with van der Waals surface area (Å²) < 4.78 is 62.7. The van der Waals surface area contributed by atoms with Crippen LogP contribution in [0, 0.1) is 0 Å². The van der Waals surface area contributed by atoms with E-state index in [9.17, 15) is 4.79 Å². The van der Waals surface area contributed by atoms with E-state index >= 15 is 0 Å². The van der Waals surface area contributed by atoms with Gasteiger partial charge in [0, 0.05) is 23.4 Å². The highest BCUT2D eigenvalue weighted by Crippen LogP contribution is 2.55. The van der Waals surface area contributed by atoms with Gasteiger partial charge >= 0.3 is 14.5 Å². The summed E-state index contributed by atoms with van der Waals surface area (Å²) in [6.45, 7) is 22.3. The van der Waals surface area contributed by atoms with Crippen LogP contribution in [0.2, 0.25) is 10.1 Å². The molecule has 5 saturated heterocycles. The highest BCUT2D eigenvalue weighted by atomic mass is 28.4. The molecule has 0 aromatic carbocycles. The van der Waals surface area contributed by atoms with Gasteiger partial charge in [0.05, 0.1) is 13.2 Å². The van der Waals surface area contributed by atoms with Crippen LogP contribution in [0.3, 0.4) is 0 Å². The van der Waals surface area contributed by atoms with Gasteiger partial charge in [-0.15, -0.1) is 0 Å². The second kappa shape index (κ2) is 10.2. The molecule has 0 radical (unpaired) electrons. The van der Waals surface area contributed by atoms with E-state index in [1.165, 1.54) is 6.92 Å². The van der Waals surface area contributed by atoms with Crippen LogP contribution in [0.4, 0.5) is 0 Å². The summed E-state index contributed by atoms with van der Waals surface area (Å²) >= 11 is 0. The Hall–Kier alpha value is -0.673. The van der Waals surface area contributed by atoms with E-state index in [0.29, 0.717) is 13.0 Å². The molecule has 11 nitrogen and oxygen atoms in total. The van der Waals surface area contributed by atoms with Crippen molar-refractivity contribution in [2.24, 2.45) is 0 Å². The lowest BCUT2D eigenvalue weighted by Crippen LogP contribution is -2.69. The fraction of sp³-hybridized carbons (Fsp3) is 0.964. The Bertz CT molecular complexity index is 943. The molecule has 0 unspecified atom stereocenters. The lowest BCUT2D eigenvalue weighted by molar-refractivity contribution is -0.291. The van der Waals surface area contributed by atoms with Gasteiger partial charge in [0.1, 0.15) is 42.7 Å². The van der Waals surface area contributed by atoms with Crippen molar-refractivity contribution in [2.75, 3.05) is 13.2 Å². The Morgan fingerprint density at radius 3 is 2.08 bits per heavy atom. The molecule has 5 aliphatic rings. The van der Waals surface area contributed by atoms with Crippen LogP contribution in [0.5, 0.6) is 0 Å². The van der Waals surface area contributed by atoms with E-state index in [4.69, 9.17) is 46.7 Å². The molecule has 0 amide bonds. The fourth-order valence-electron chi connectivity index (χ4n) is 6.98. The van der Waals surface area contributed by atoms with Gasteiger partial charge in [-0.25, -0.2) is 0 Å². The summed E-state index contributed by atoms with van der Waals surface area (Å²) in [5.41, 5.74) is 0. The van der Waals surface area contributed by atoms with E-state index in [1.807, 2.05) is 27.7 Å². The summed E-state index contributed by atoms with van der Waals surface area (Å²) in [4.78, 5) is 12.1. The number of carbonyl (C=O) groups is 1. The van der Waals surface area contributed by atoms with Crippen molar-refractivity contribution < 1.29 is 51.5 Å². The third-order valence-corrected chi connectivity index (χ3v) is 13.4. The number of hydrogen-bond acceptors (Lipinski definition) is 11. The monoisotopic (exact) mass is 588 g/mol. The second-order valence-electron chi connectivity index (χ2n) is 14.5. The molecule has 0 aromatic rings. The van der Waals surface area contributed by atoms with Crippen molar-refractivity contribution in [3.05, 3.63) is 0 Å². The molecule has 5 aliphatic heterocycles. The summed E-state index contributed by atoms with van der Waals surface area (Å²) in [7, 11) is -2.80. The lowest BCUT2D eigenvalue weighted by Gasteiger charge is -2.56. The van der Waals surface area contributed by atoms with Gasteiger partial charge in [0.25, 0.3) is 0 Å². The summed E-state index contributed by atoms with van der Waals surface area (Å²) in [5, 5.41) is -0.427. The Balaban J connectivity index is 1.30. The van der Waals surface area contributed by atoms with Gasteiger partial charge in [0.15, 0.2) is 24.2 Å². The highest BCUT2D eigenvalue weighted by molar-refractivity contribution is 6.73. The standard InChI is InChI=1S/C28H48O11Si/c1-15(29)32-16-12-19(33-18-14-31-40(25(2,3)4,26(5,6)7)39-20(16)18)30-13-17-21-22(36-27(8,9)35-21)23-24(34-17)38-28(10,11)37-23/h16-24H,12-14H2,1-11H3/t16-,17-,18-,19+,20-,21+,22+,23-,24-/m1/s1. The predicted molar refractivity (Wildman–Crippen MR) is 143 cm³/mol. The SMILES string of the molecule is CC(=O)O[C@@H]1C[C@@H](OC[C@H]2O[C@@H]3OC(C)(C)O[C@@H]3[C@H]3OC(C)(C)O[C@H]32)O[C@@H]2CO[Si](C(C)(C)C)(C(C)(C)C)O[C@H]12. The van der Waals surface area contributed by atoms with Gasteiger partial charge in [-0.1, -0.05) is 41.5 Å². The van der Waals surface area contributed by atoms with Crippen LogP contribution in [0.25, 0.3) is 0 Å². The minimum atomic E-state index is -2.80.